The first-order valence-electron chi connectivity index (χ1n) is 7.05. The molecule has 1 aromatic carbocycles. The summed E-state index contributed by atoms with van der Waals surface area (Å²) >= 11 is 0. The predicted octanol–water partition coefficient (Wildman–Crippen LogP) is 0.578. The van der Waals surface area contributed by atoms with Gasteiger partial charge >= 0.3 is 0 Å². The highest BCUT2D eigenvalue weighted by Crippen LogP contribution is 2.22. The molecular weight excluding hydrogens is 329 g/mol. The van der Waals surface area contributed by atoms with Crippen LogP contribution in [-0.4, -0.2) is 36.8 Å². The number of nitrogens with one attached hydrogen (secondary N) is 2. The number of nitrogens with two attached hydrogens (primary N) is 1. The van der Waals surface area contributed by atoms with Crippen LogP contribution in [0.2, 0.25) is 0 Å². The van der Waals surface area contributed by atoms with E-state index >= 15 is 0 Å². The highest BCUT2D eigenvalue weighted by atomic mass is 31.2. The lowest BCUT2D eigenvalue weighted by molar-refractivity contribution is 0.497. The first kappa shape index (κ1) is 16.3. The number of hydrogen-bond donors (Lipinski definition) is 5. The number of fused-ring (bicyclic) bond motifs is 1. The van der Waals surface area contributed by atoms with Crippen molar-refractivity contribution in [3.05, 3.63) is 36.2 Å². The topological polar surface area (TPSA) is 142 Å². The van der Waals surface area contributed by atoms with Crippen molar-refractivity contribution in [1.29, 1.82) is 0 Å². The molecule has 0 fully saturated rings. The Kier molecular flexibility index (Phi) is 4.66. The lowest BCUT2D eigenvalue weighted by Gasteiger charge is -2.09. The number of anilines is 3. The largest absolute Gasteiger partial charge is 0.382 e. The van der Waals surface area contributed by atoms with Gasteiger partial charge < -0.3 is 26.2 Å². The molecule has 124 valence electrons. The second kappa shape index (κ2) is 6.88. The fraction of sp³-hybridized carbons (Fsp3) is 0.143. The van der Waals surface area contributed by atoms with Crippen LogP contribution in [0.5, 0.6) is 0 Å². The smallest absolute Gasteiger partial charge is 0.226 e. The third-order valence-corrected chi connectivity index (χ3v) is 4.04. The Morgan fingerprint density at radius 2 is 1.88 bits per heavy atom. The van der Waals surface area contributed by atoms with Crippen LogP contribution in [0.4, 0.5) is 17.5 Å². The van der Waals surface area contributed by atoms with Gasteiger partial charge in [0, 0.05) is 18.0 Å². The lowest BCUT2D eigenvalue weighted by Crippen LogP contribution is -2.07. The molecule has 0 unspecified atom stereocenters. The van der Waals surface area contributed by atoms with Crippen molar-refractivity contribution in [1.82, 2.24) is 19.9 Å². The van der Waals surface area contributed by atoms with Crippen molar-refractivity contribution in [3.8, 4) is 0 Å². The zero-order valence-corrected chi connectivity index (χ0v) is 13.7. The van der Waals surface area contributed by atoms with Crippen LogP contribution in [0.1, 0.15) is 5.69 Å². The van der Waals surface area contributed by atoms with Gasteiger partial charge in [-0.2, -0.15) is 9.97 Å². The van der Waals surface area contributed by atoms with Gasteiger partial charge in [0.25, 0.3) is 0 Å². The maximum absolute atomic E-state index is 9.14. The fourth-order valence-electron chi connectivity index (χ4n) is 2.07. The summed E-state index contributed by atoms with van der Waals surface area (Å²) in [6.45, 7) is 0.433. The van der Waals surface area contributed by atoms with Gasteiger partial charge in [-0.25, -0.2) is 9.97 Å². The maximum Gasteiger partial charge on any atom is 0.226 e. The summed E-state index contributed by atoms with van der Waals surface area (Å²) in [5.41, 5.74) is 8.29. The molecule has 24 heavy (non-hydrogen) atoms. The minimum Gasteiger partial charge on any atom is -0.382 e. The van der Waals surface area contributed by atoms with E-state index in [0.29, 0.717) is 34.7 Å². The molecule has 0 amide bonds. The van der Waals surface area contributed by atoms with Crippen LogP contribution in [-0.2, 0) is 6.54 Å². The van der Waals surface area contributed by atoms with E-state index in [1.807, 2.05) is 0 Å². The molecule has 0 saturated carbocycles. The SMILES string of the molecule is CNc1nc(N)c2nc(CNc3ccc(P(O)O)cc3)cnc2n1. The van der Waals surface area contributed by atoms with E-state index in [1.165, 1.54) is 0 Å². The molecule has 2 heterocycles. The molecular formula is C14H16N7O2P. The van der Waals surface area contributed by atoms with E-state index in [0.717, 1.165) is 5.69 Å². The lowest BCUT2D eigenvalue weighted by atomic mass is 10.3. The highest BCUT2D eigenvalue weighted by molar-refractivity contribution is 7.54. The molecule has 0 aliphatic carbocycles. The Balaban J connectivity index is 1.76. The van der Waals surface area contributed by atoms with Crippen molar-refractivity contribution in [2.75, 3.05) is 23.4 Å². The van der Waals surface area contributed by atoms with Crippen molar-refractivity contribution < 1.29 is 9.79 Å². The van der Waals surface area contributed by atoms with Gasteiger partial charge in [0.05, 0.1) is 18.4 Å². The van der Waals surface area contributed by atoms with Gasteiger partial charge in [-0.3, -0.25) is 0 Å². The number of rotatable bonds is 5. The van der Waals surface area contributed by atoms with E-state index in [-0.39, 0.29) is 5.82 Å². The van der Waals surface area contributed by atoms with Gasteiger partial charge in [-0.05, 0) is 24.3 Å². The van der Waals surface area contributed by atoms with Gasteiger partial charge in [0.2, 0.25) is 5.95 Å². The molecule has 0 aliphatic rings. The number of hydrogen-bond acceptors (Lipinski definition) is 9. The van der Waals surface area contributed by atoms with Crippen molar-refractivity contribution >= 4 is 42.3 Å². The van der Waals surface area contributed by atoms with Crippen LogP contribution < -0.4 is 21.7 Å². The van der Waals surface area contributed by atoms with Gasteiger partial charge in [-0.15, -0.1) is 0 Å². The molecule has 0 bridgehead atoms. The van der Waals surface area contributed by atoms with Gasteiger partial charge in [0.15, 0.2) is 25.4 Å². The van der Waals surface area contributed by atoms with E-state index < -0.39 is 8.38 Å². The summed E-state index contributed by atoms with van der Waals surface area (Å²) in [6, 6.07) is 6.85. The summed E-state index contributed by atoms with van der Waals surface area (Å²) in [6.07, 6.45) is 1.62. The van der Waals surface area contributed by atoms with Crippen molar-refractivity contribution in [2.24, 2.45) is 0 Å². The first-order valence-corrected chi connectivity index (χ1v) is 8.30. The predicted molar refractivity (Wildman–Crippen MR) is 93.8 cm³/mol. The maximum atomic E-state index is 9.14. The second-order valence-corrected chi connectivity index (χ2v) is 6.00. The Morgan fingerprint density at radius 3 is 2.54 bits per heavy atom. The van der Waals surface area contributed by atoms with E-state index in [9.17, 15) is 0 Å². The number of nitrogens with zero attached hydrogens (tertiary/aromatic N) is 4. The van der Waals surface area contributed by atoms with E-state index in [1.54, 1.807) is 37.5 Å². The Morgan fingerprint density at radius 1 is 1.12 bits per heavy atom. The molecule has 3 aromatic rings. The quantitative estimate of drug-likeness (QED) is 0.420. The van der Waals surface area contributed by atoms with Crippen molar-refractivity contribution in [3.63, 3.8) is 0 Å². The third-order valence-electron chi connectivity index (χ3n) is 3.28. The summed E-state index contributed by atoms with van der Waals surface area (Å²) in [5.74, 6) is 0.662. The second-order valence-electron chi connectivity index (χ2n) is 4.91. The van der Waals surface area contributed by atoms with Gasteiger partial charge in [0.1, 0.15) is 0 Å². The molecule has 2 aromatic heterocycles. The summed E-state index contributed by atoms with van der Waals surface area (Å²) in [4.78, 5) is 35.3. The highest BCUT2D eigenvalue weighted by Gasteiger charge is 2.08. The van der Waals surface area contributed by atoms with Crippen LogP contribution in [0, 0.1) is 0 Å². The molecule has 0 atom stereocenters. The Bertz CT molecular complexity index is 858. The van der Waals surface area contributed by atoms with Crippen LogP contribution >= 0.6 is 8.38 Å². The monoisotopic (exact) mass is 345 g/mol. The first-order chi connectivity index (χ1) is 11.6. The van der Waals surface area contributed by atoms with Crippen molar-refractivity contribution in [2.45, 2.75) is 6.54 Å². The minimum absolute atomic E-state index is 0.266. The standard InChI is InChI=1S/C14H16N7O2P/c1-16-14-20-12(15)11-13(21-14)18-7-9(19-11)6-17-8-2-4-10(5-3-8)24(22)23/h2-5,7,17,22-23H,6H2,1H3,(H3,15,16,18,20,21). The fourth-order valence-corrected chi connectivity index (χ4v) is 2.48. The van der Waals surface area contributed by atoms with E-state index in [2.05, 4.69) is 30.6 Å². The van der Waals surface area contributed by atoms with Crippen LogP contribution in [0.25, 0.3) is 11.2 Å². The minimum atomic E-state index is -2.07. The van der Waals surface area contributed by atoms with Gasteiger partial charge in [-0.1, -0.05) is 0 Å². The molecule has 0 aliphatic heterocycles. The molecule has 9 nitrogen and oxygen atoms in total. The molecule has 10 heteroatoms. The van der Waals surface area contributed by atoms with Crippen LogP contribution in [0.3, 0.4) is 0 Å². The summed E-state index contributed by atoms with van der Waals surface area (Å²) < 4.78 is 0. The molecule has 3 rings (SSSR count). The average Bonchev–Trinajstić information content (AvgIpc) is 2.60. The summed E-state index contributed by atoms with van der Waals surface area (Å²) in [7, 11) is -0.369. The molecule has 0 spiro atoms. The molecule has 0 saturated heterocycles. The molecule has 0 radical (unpaired) electrons. The summed E-state index contributed by atoms with van der Waals surface area (Å²) in [5, 5.41) is 6.49. The number of aromatic nitrogens is 4. The number of nitrogen functional groups attached to an aromatic ring is 1. The molecule has 6 N–H and O–H groups in total. The zero-order valence-electron chi connectivity index (χ0n) is 12.8. The average molecular weight is 345 g/mol. The normalized spacial score (nSPS) is 11.0. The Hall–Kier alpha value is -2.61. The van der Waals surface area contributed by atoms with Crippen LogP contribution in [0.15, 0.2) is 30.5 Å². The number of benzene rings is 1. The Labute approximate surface area is 138 Å². The third kappa shape index (κ3) is 3.48. The van der Waals surface area contributed by atoms with E-state index in [4.69, 9.17) is 15.5 Å². The zero-order chi connectivity index (χ0) is 17.1.